The van der Waals surface area contributed by atoms with Crippen molar-refractivity contribution in [2.75, 3.05) is 26.1 Å². The van der Waals surface area contributed by atoms with Crippen LogP contribution in [0.2, 0.25) is 0 Å². The molecule has 5 heteroatoms. The number of nitrogens with one attached hydrogen (secondary N) is 1. The van der Waals surface area contributed by atoms with Gasteiger partial charge in [0.05, 0.1) is 19.3 Å². The molecule has 106 valence electrons. The van der Waals surface area contributed by atoms with E-state index in [1.807, 2.05) is 20.2 Å². The summed E-state index contributed by atoms with van der Waals surface area (Å²) in [6, 6.07) is 10.0. The molecule has 0 aliphatic carbocycles. The third-order valence-electron chi connectivity index (χ3n) is 3.21. The van der Waals surface area contributed by atoms with E-state index in [1.54, 1.807) is 19.5 Å². The topological polar surface area (TPSA) is 63.4 Å². The van der Waals surface area contributed by atoms with Crippen LogP contribution < -0.4 is 20.9 Å². The van der Waals surface area contributed by atoms with Crippen molar-refractivity contribution in [3.05, 3.63) is 53.9 Å². The normalized spacial score (nSPS) is 12.0. The molecule has 1 unspecified atom stereocenters. The average Bonchev–Trinajstić information content (AvgIpc) is 2.49. The zero-order valence-corrected chi connectivity index (χ0v) is 12.0. The predicted octanol–water partition coefficient (Wildman–Crippen LogP) is 1.71. The number of rotatable bonds is 5. The van der Waals surface area contributed by atoms with Crippen molar-refractivity contribution in [2.45, 2.75) is 6.04 Å². The number of nitrogens with zero attached hydrogens (tertiary/aromatic N) is 2. The van der Waals surface area contributed by atoms with Gasteiger partial charge in [0.15, 0.2) is 0 Å². The second-order valence-electron chi connectivity index (χ2n) is 4.74. The number of nitrogens with two attached hydrogens (primary N) is 1. The van der Waals surface area contributed by atoms with E-state index in [1.165, 1.54) is 0 Å². The van der Waals surface area contributed by atoms with Gasteiger partial charge in [-0.25, -0.2) is 5.43 Å². The quantitative estimate of drug-likeness (QED) is 0.641. The van der Waals surface area contributed by atoms with Gasteiger partial charge in [-0.15, -0.1) is 0 Å². The molecule has 1 heterocycles. The van der Waals surface area contributed by atoms with Crippen LogP contribution in [-0.2, 0) is 0 Å². The van der Waals surface area contributed by atoms with E-state index in [0.29, 0.717) is 5.75 Å². The SMILES string of the molecule is COc1cncc(C(NN)c2ccc(N(C)C)cc2)c1. The molecule has 0 amide bonds. The molecule has 1 atom stereocenters. The summed E-state index contributed by atoms with van der Waals surface area (Å²) in [4.78, 5) is 6.22. The Morgan fingerprint density at radius 2 is 1.85 bits per heavy atom. The fourth-order valence-electron chi connectivity index (χ4n) is 2.05. The van der Waals surface area contributed by atoms with E-state index in [-0.39, 0.29) is 6.04 Å². The highest BCUT2D eigenvalue weighted by Crippen LogP contribution is 2.25. The van der Waals surface area contributed by atoms with Crippen molar-refractivity contribution < 1.29 is 4.74 Å². The molecule has 1 aromatic carbocycles. The molecule has 0 radical (unpaired) electrons. The number of anilines is 1. The third-order valence-corrected chi connectivity index (χ3v) is 3.21. The minimum atomic E-state index is -0.117. The van der Waals surface area contributed by atoms with Gasteiger partial charge in [-0.1, -0.05) is 12.1 Å². The molecule has 0 aliphatic rings. The van der Waals surface area contributed by atoms with Crippen molar-refractivity contribution in [3.63, 3.8) is 0 Å². The molecule has 0 aliphatic heterocycles. The molecule has 0 saturated heterocycles. The minimum absolute atomic E-state index is 0.117. The monoisotopic (exact) mass is 272 g/mol. The first-order chi connectivity index (χ1) is 9.65. The van der Waals surface area contributed by atoms with Crippen LogP contribution in [0.5, 0.6) is 5.75 Å². The fraction of sp³-hybridized carbons (Fsp3) is 0.267. The van der Waals surface area contributed by atoms with Crippen LogP contribution in [0.3, 0.4) is 0 Å². The number of hydrazine groups is 1. The summed E-state index contributed by atoms with van der Waals surface area (Å²) in [5.74, 6) is 6.41. The van der Waals surface area contributed by atoms with Crippen molar-refractivity contribution in [3.8, 4) is 5.75 Å². The van der Waals surface area contributed by atoms with Crippen molar-refractivity contribution in [1.82, 2.24) is 10.4 Å². The Bertz CT molecular complexity index is 554. The van der Waals surface area contributed by atoms with E-state index < -0.39 is 0 Å². The first kappa shape index (κ1) is 14.3. The Morgan fingerprint density at radius 1 is 1.15 bits per heavy atom. The zero-order valence-electron chi connectivity index (χ0n) is 12.0. The molecular formula is C15H20N4O. The second kappa shape index (κ2) is 6.36. The maximum atomic E-state index is 5.70. The molecule has 0 fully saturated rings. The lowest BCUT2D eigenvalue weighted by molar-refractivity contribution is 0.411. The molecular weight excluding hydrogens is 252 g/mol. The first-order valence-corrected chi connectivity index (χ1v) is 6.38. The Labute approximate surface area is 119 Å². The fourth-order valence-corrected chi connectivity index (χ4v) is 2.05. The predicted molar refractivity (Wildman–Crippen MR) is 80.7 cm³/mol. The summed E-state index contributed by atoms with van der Waals surface area (Å²) in [7, 11) is 5.65. The third kappa shape index (κ3) is 3.07. The number of ether oxygens (including phenoxy) is 1. The van der Waals surface area contributed by atoms with Gasteiger partial charge in [-0.3, -0.25) is 10.8 Å². The molecule has 0 spiro atoms. The van der Waals surface area contributed by atoms with Crippen LogP contribution in [0.1, 0.15) is 17.2 Å². The van der Waals surface area contributed by atoms with Gasteiger partial charge < -0.3 is 9.64 Å². The largest absolute Gasteiger partial charge is 0.495 e. The van der Waals surface area contributed by atoms with Gasteiger partial charge >= 0.3 is 0 Å². The summed E-state index contributed by atoms with van der Waals surface area (Å²) >= 11 is 0. The van der Waals surface area contributed by atoms with Gasteiger partial charge in [0.25, 0.3) is 0 Å². The summed E-state index contributed by atoms with van der Waals surface area (Å²) < 4.78 is 5.20. The maximum Gasteiger partial charge on any atom is 0.137 e. The van der Waals surface area contributed by atoms with Crippen LogP contribution in [0.25, 0.3) is 0 Å². The number of pyridine rings is 1. The van der Waals surface area contributed by atoms with Crippen molar-refractivity contribution in [1.29, 1.82) is 0 Å². The second-order valence-corrected chi connectivity index (χ2v) is 4.74. The summed E-state index contributed by atoms with van der Waals surface area (Å²) in [5.41, 5.74) is 6.01. The number of methoxy groups -OCH3 is 1. The lowest BCUT2D eigenvalue weighted by atomic mass is 10.0. The standard InChI is InChI=1S/C15H20N4O/c1-19(2)13-6-4-11(5-7-13)15(18-16)12-8-14(20-3)10-17-9-12/h4-10,15,18H,16H2,1-3H3. The minimum Gasteiger partial charge on any atom is -0.495 e. The number of aromatic nitrogens is 1. The van der Waals surface area contributed by atoms with Gasteiger partial charge in [0, 0.05) is 26.0 Å². The molecule has 1 aromatic heterocycles. The Morgan fingerprint density at radius 3 is 2.40 bits per heavy atom. The summed E-state index contributed by atoms with van der Waals surface area (Å²) in [6.45, 7) is 0. The molecule has 3 N–H and O–H groups in total. The summed E-state index contributed by atoms with van der Waals surface area (Å²) in [6.07, 6.45) is 3.46. The lowest BCUT2D eigenvalue weighted by Crippen LogP contribution is -2.29. The van der Waals surface area contributed by atoms with Crippen LogP contribution in [0, 0.1) is 0 Å². The van der Waals surface area contributed by atoms with Crippen molar-refractivity contribution >= 4 is 5.69 Å². The van der Waals surface area contributed by atoms with E-state index in [9.17, 15) is 0 Å². The van der Waals surface area contributed by atoms with Gasteiger partial charge in [-0.2, -0.15) is 0 Å². The van der Waals surface area contributed by atoms with Crippen molar-refractivity contribution in [2.24, 2.45) is 5.84 Å². The number of hydrogen-bond acceptors (Lipinski definition) is 5. The number of benzene rings is 1. The van der Waals surface area contributed by atoms with Crippen LogP contribution >= 0.6 is 0 Å². The molecule has 2 aromatic rings. The highest BCUT2D eigenvalue weighted by molar-refractivity contribution is 5.47. The summed E-state index contributed by atoms with van der Waals surface area (Å²) in [5, 5.41) is 0. The van der Waals surface area contributed by atoms with Crippen LogP contribution in [0.15, 0.2) is 42.7 Å². The van der Waals surface area contributed by atoms with E-state index in [2.05, 4.69) is 39.6 Å². The van der Waals surface area contributed by atoms with Gasteiger partial charge in [0.1, 0.15) is 5.75 Å². The van der Waals surface area contributed by atoms with Gasteiger partial charge in [-0.05, 0) is 29.3 Å². The molecule has 20 heavy (non-hydrogen) atoms. The zero-order chi connectivity index (χ0) is 14.5. The molecule has 0 bridgehead atoms. The Hall–Kier alpha value is -2.11. The Kier molecular flexibility index (Phi) is 4.55. The molecule has 2 rings (SSSR count). The van der Waals surface area contributed by atoms with Gasteiger partial charge in [0.2, 0.25) is 0 Å². The average molecular weight is 272 g/mol. The number of hydrogen-bond donors (Lipinski definition) is 2. The highest BCUT2D eigenvalue weighted by Gasteiger charge is 2.13. The van der Waals surface area contributed by atoms with E-state index in [0.717, 1.165) is 16.8 Å². The smallest absolute Gasteiger partial charge is 0.137 e. The molecule has 5 nitrogen and oxygen atoms in total. The maximum absolute atomic E-state index is 5.70. The van der Waals surface area contributed by atoms with E-state index >= 15 is 0 Å². The first-order valence-electron chi connectivity index (χ1n) is 6.38. The van der Waals surface area contributed by atoms with E-state index in [4.69, 9.17) is 10.6 Å². The highest BCUT2D eigenvalue weighted by atomic mass is 16.5. The van der Waals surface area contributed by atoms with Crippen LogP contribution in [0.4, 0.5) is 5.69 Å². The molecule has 0 saturated carbocycles. The lowest BCUT2D eigenvalue weighted by Gasteiger charge is -2.19. The Balaban J connectivity index is 2.31. The van der Waals surface area contributed by atoms with Crippen LogP contribution in [-0.4, -0.2) is 26.2 Å².